The fraction of sp³-hybridized carbons (Fsp3) is 0.333. The first-order valence-electron chi connectivity index (χ1n) is 9.24. The molecule has 1 unspecified atom stereocenters. The van der Waals surface area contributed by atoms with Crippen LogP contribution < -0.4 is 21.7 Å². The van der Waals surface area contributed by atoms with Crippen molar-refractivity contribution in [3.8, 4) is 0 Å². The number of carbonyl (C=O) groups excluding carboxylic acids is 2. The van der Waals surface area contributed by atoms with E-state index in [0.717, 1.165) is 37.2 Å². The van der Waals surface area contributed by atoms with Crippen molar-refractivity contribution in [3.05, 3.63) is 59.7 Å². The van der Waals surface area contributed by atoms with Gasteiger partial charge in [0.2, 0.25) is 5.91 Å². The fourth-order valence-corrected chi connectivity index (χ4v) is 3.39. The summed E-state index contributed by atoms with van der Waals surface area (Å²) in [5.41, 5.74) is 13.2. The minimum Gasteiger partial charge on any atom is -0.371 e. The highest BCUT2D eigenvalue weighted by atomic mass is 35.5. The molecule has 1 atom stereocenters. The summed E-state index contributed by atoms with van der Waals surface area (Å²) in [6.45, 7) is 3.42. The van der Waals surface area contributed by atoms with Gasteiger partial charge in [0.25, 0.3) is 5.91 Å². The smallest absolute Gasteiger partial charge is 0.250 e. The van der Waals surface area contributed by atoms with Crippen LogP contribution in [0.1, 0.15) is 42.1 Å². The lowest BCUT2D eigenvalue weighted by atomic mass is 9.92. The van der Waals surface area contributed by atoms with E-state index in [1.807, 2.05) is 36.4 Å². The van der Waals surface area contributed by atoms with Crippen LogP contribution in [0.25, 0.3) is 0 Å². The molecule has 1 aliphatic heterocycles. The normalized spacial score (nSPS) is 15.9. The van der Waals surface area contributed by atoms with E-state index in [9.17, 15) is 9.59 Å². The van der Waals surface area contributed by atoms with Gasteiger partial charge < -0.3 is 21.7 Å². The number of primary amides is 1. The quantitative estimate of drug-likeness (QED) is 0.715. The van der Waals surface area contributed by atoms with E-state index >= 15 is 0 Å². The van der Waals surface area contributed by atoms with Crippen LogP contribution in [0.5, 0.6) is 0 Å². The maximum absolute atomic E-state index is 12.8. The highest BCUT2D eigenvalue weighted by Crippen LogP contribution is 2.28. The molecule has 1 aliphatic rings. The average molecular weight is 403 g/mol. The predicted molar refractivity (Wildman–Crippen MR) is 115 cm³/mol. The Morgan fingerprint density at radius 2 is 1.68 bits per heavy atom. The van der Waals surface area contributed by atoms with Gasteiger partial charge in [0, 0.05) is 18.8 Å². The molecule has 6 nitrogen and oxygen atoms in total. The summed E-state index contributed by atoms with van der Waals surface area (Å²) in [5.74, 6) is -0.786. The minimum absolute atomic E-state index is 0. The van der Waals surface area contributed by atoms with Gasteiger partial charge in [-0.3, -0.25) is 9.59 Å². The molecule has 0 aromatic heterocycles. The Kier molecular flexibility index (Phi) is 7.05. The Balaban J connectivity index is 0.00000280. The third-order valence-corrected chi connectivity index (χ3v) is 5.06. The molecule has 0 bridgehead atoms. The molecule has 2 aromatic carbocycles. The molecule has 7 heteroatoms. The zero-order valence-electron chi connectivity index (χ0n) is 16.0. The summed E-state index contributed by atoms with van der Waals surface area (Å²) in [4.78, 5) is 26.8. The molecule has 2 aromatic rings. The van der Waals surface area contributed by atoms with Gasteiger partial charge in [0.1, 0.15) is 5.54 Å². The Bertz CT molecular complexity index is 834. The van der Waals surface area contributed by atoms with Crippen molar-refractivity contribution in [1.82, 2.24) is 0 Å². The van der Waals surface area contributed by atoms with E-state index in [-0.39, 0.29) is 18.3 Å². The molecular weight excluding hydrogens is 376 g/mol. The van der Waals surface area contributed by atoms with Crippen LogP contribution in [0.2, 0.25) is 0 Å². The van der Waals surface area contributed by atoms with Crippen LogP contribution in [0.3, 0.4) is 0 Å². The van der Waals surface area contributed by atoms with E-state index < -0.39 is 11.4 Å². The molecule has 1 heterocycles. The SMILES string of the molecule is CC(N)(C(=O)Nc1ccc(C(N)=O)c(N2CCCCC2)c1)c1ccccc1.Cl. The van der Waals surface area contributed by atoms with Gasteiger partial charge in [-0.05, 0) is 49.9 Å². The second kappa shape index (κ2) is 9.08. The Hall–Kier alpha value is -2.57. The Labute approximate surface area is 171 Å². The van der Waals surface area contributed by atoms with Crippen molar-refractivity contribution >= 4 is 35.6 Å². The molecule has 0 spiro atoms. The second-order valence-electron chi connectivity index (χ2n) is 7.17. The number of nitrogens with two attached hydrogens (primary N) is 2. The van der Waals surface area contributed by atoms with E-state index in [4.69, 9.17) is 11.5 Å². The molecule has 0 saturated carbocycles. The van der Waals surface area contributed by atoms with Gasteiger partial charge in [0.15, 0.2) is 0 Å². The number of hydrogen-bond acceptors (Lipinski definition) is 4. The van der Waals surface area contributed by atoms with Crippen LogP contribution in [-0.4, -0.2) is 24.9 Å². The van der Waals surface area contributed by atoms with Crippen molar-refractivity contribution in [1.29, 1.82) is 0 Å². The van der Waals surface area contributed by atoms with Gasteiger partial charge >= 0.3 is 0 Å². The molecule has 3 rings (SSSR count). The predicted octanol–water partition coefficient (Wildman–Crippen LogP) is 3.01. The first-order chi connectivity index (χ1) is 12.9. The molecular formula is C21H27ClN4O2. The summed E-state index contributed by atoms with van der Waals surface area (Å²) in [6.07, 6.45) is 3.33. The van der Waals surface area contributed by atoms with Gasteiger partial charge in [0.05, 0.1) is 11.3 Å². The number of rotatable bonds is 5. The van der Waals surface area contributed by atoms with Crippen molar-refractivity contribution in [3.63, 3.8) is 0 Å². The van der Waals surface area contributed by atoms with Gasteiger partial charge in [-0.1, -0.05) is 30.3 Å². The highest BCUT2D eigenvalue weighted by Gasteiger charge is 2.30. The highest BCUT2D eigenvalue weighted by molar-refractivity contribution is 6.02. The maximum atomic E-state index is 12.8. The summed E-state index contributed by atoms with van der Waals surface area (Å²) in [6, 6.07) is 14.4. The first kappa shape index (κ1) is 21.7. The van der Waals surface area contributed by atoms with Crippen LogP contribution >= 0.6 is 12.4 Å². The number of amides is 2. The maximum Gasteiger partial charge on any atom is 0.250 e. The zero-order valence-corrected chi connectivity index (χ0v) is 16.8. The Morgan fingerprint density at radius 3 is 2.29 bits per heavy atom. The topological polar surface area (TPSA) is 101 Å². The van der Waals surface area contributed by atoms with Crippen molar-refractivity contribution in [2.24, 2.45) is 11.5 Å². The number of halogens is 1. The molecule has 0 radical (unpaired) electrons. The van der Waals surface area contributed by atoms with Gasteiger partial charge in [-0.15, -0.1) is 12.4 Å². The molecule has 1 fully saturated rings. The Morgan fingerprint density at radius 1 is 1.04 bits per heavy atom. The zero-order chi connectivity index (χ0) is 19.4. The van der Waals surface area contributed by atoms with Crippen LogP contribution in [0.4, 0.5) is 11.4 Å². The van der Waals surface area contributed by atoms with E-state index in [2.05, 4.69) is 10.2 Å². The number of nitrogens with zero attached hydrogens (tertiary/aromatic N) is 1. The molecule has 0 aliphatic carbocycles. The van der Waals surface area contributed by atoms with Crippen molar-refractivity contribution in [2.75, 3.05) is 23.3 Å². The van der Waals surface area contributed by atoms with Gasteiger partial charge in [-0.25, -0.2) is 0 Å². The minimum atomic E-state index is -1.17. The molecule has 28 heavy (non-hydrogen) atoms. The largest absolute Gasteiger partial charge is 0.371 e. The summed E-state index contributed by atoms with van der Waals surface area (Å²) < 4.78 is 0. The van der Waals surface area contributed by atoms with Crippen LogP contribution in [0, 0.1) is 0 Å². The van der Waals surface area contributed by atoms with Crippen molar-refractivity contribution in [2.45, 2.75) is 31.7 Å². The fourth-order valence-electron chi connectivity index (χ4n) is 3.39. The lowest BCUT2D eigenvalue weighted by molar-refractivity contribution is -0.120. The van der Waals surface area contributed by atoms with Gasteiger partial charge in [-0.2, -0.15) is 0 Å². The summed E-state index contributed by atoms with van der Waals surface area (Å²) in [7, 11) is 0. The third-order valence-electron chi connectivity index (χ3n) is 5.06. The number of hydrogen-bond donors (Lipinski definition) is 3. The second-order valence-corrected chi connectivity index (χ2v) is 7.17. The molecule has 150 valence electrons. The standard InChI is InChI=1S/C21H26N4O2.ClH/c1-21(23,15-8-4-2-5-9-15)20(27)24-16-10-11-17(19(22)26)18(14-16)25-12-6-3-7-13-25;/h2,4-5,8-11,14H,3,6-7,12-13,23H2,1H3,(H2,22,26)(H,24,27);1H. The molecule has 2 amide bonds. The summed E-state index contributed by atoms with van der Waals surface area (Å²) >= 11 is 0. The average Bonchev–Trinajstić information content (AvgIpc) is 2.69. The molecule has 1 saturated heterocycles. The van der Waals surface area contributed by atoms with Crippen molar-refractivity contribution < 1.29 is 9.59 Å². The third kappa shape index (κ3) is 4.64. The number of benzene rings is 2. The lowest BCUT2D eigenvalue weighted by Crippen LogP contribution is -2.45. The number of carbonyl (C=O) groups is 2. The van der Waals surface area contributed by atoms with E-state index in [1.54, 1.807) is 19.1 Å². The monoisotopic (exact) mass is 402 g/mol. The number of nitrogens with one attached hydrogen (secondary N) is 1. The van der Waals surface area contributed by atoms with Crippen LogP contribution in [-0.2, 0) is 10.3 Å². The van der Waals surface area contributed by atoms with E-state index in [0.29, 0.717) is 11.3 Å². The first-order valence-corrected chi connectivity index (χ1v) is 9.24. The van der Waals surface area contributed by atoms with Crippen LogP contribution in [0.15, 0.2) is 48.5 Å². The number of piperidine rings is 1. The molecule has 5 N–H and O–H groups in total. The van der Waals surface area contributed by atoms with E-state index in [1.165, 1.54) is 6.42 Å². The summed E-state index contributed by atoms with van der Waals surface area (Å²) in [5, 5.41) is 2.88. The number of anilines is 2. The lowest BCUT2D eigenvalue weighted by Gasteiger charge is -2.31.